The van der Waals surface area contributed by atoms with Gasteiger partial charge in [0, 0.05) is 5.56 Å². The van der Waals surface area contributed by atoms with Gasteiger partial charge in [0.1, 0.15) is 12.4 Å². The Morgan fingerprint density at radius 3 is 2.26 bits per heavy atom. The minimum Gasteiger partial charge on any atom is -0.489 e. The van der Waals surface area contributed by atoms with E-state index in [9.17, 15) is 9.59 Å². The smallest absolute Gasteiger partial charge is 0.254 e. The van der Waals surface area contributed by atoms with Crippen LogP contribution >= 0.6 is 0 Å². The van der Waals surface area contributed by atoms with Gasteiger partial charge in [0.2, 0.25) is 0 Å². The Bertz CT molecular complexity index is 1100. The van der Waals surface area contributed by atoms with E-state index in [1.165, 1.54) is 6.21 Å². The molecule has 31 heavy (non-hydrogen) atoms. The van der Waals surface area contributed by atoms with Crippen molar-refractivity contribution in [3.8, 4) is 11.8 Å². The molecule has 3 aliphatic carbocycles. The highest BCUT2D eigenvalue weighted by Gasteiger charge is 2.56. The van der Waals surface area contributed by atoms with Gasteiger partial charge in [-0.3, -0.25) is 9.59 Å². The van der Waals surface area contributed by atoms with Gasteiger partial charge in [-0.25, -0.2) is 0 Å². The summed E-state index contributed by atoms with van der Waals surface area (Å²) in [6, 6.07) is 16.7. The Morgan fingerprint density at radius 1 is 1.00 bits per heavy atom. The molecule has 6 heteroatoms. The molecule has 1 saturated carbocycles. The van der Waals surface area contributed by atoms with E-state index in [-0.39, 0.29) is 35.5 Å². The van der Waals surface area contributed by atoms with Crippen LogP contribution in [-0.4, -0.2) is 23.0 Å². The van der Waals surface area contributed by atoms with Crippen LogP contribution in [0.1, 0.15) is 29.5 Å². The topological polar surface area (TPSA) is 82.8 Å². The van der Waals surface area contributed by atoms with E-state index in [2.05, 4.69) is 23.3 Å². The number of hydrazone groups is 1. The van der Waals surface area contributed by atoms with Gasteiger partial charge in [-0.15, -0.1) is 0 Å². The number of fused-ring (bicyclic) bond motifs is 1. The summed E-state index contributed by atoms with van der Waals surface area (Å²) < 4.78 is 5.78. The number of benzene rings is 2. The van der Waals surface area contributed by atoms with Crippen molar-refractivity contribution >= 4 is 18.0 Å². The maximum Gasteiger partial charge on any atom is 0.254 e. The monoisotopic (exact) mass is 411 g/mol. The highest BCUT2D eigenvalue weighted by molar-refractivity contribution is 6.06. The van der Waals surface area contributed by atoms with Gasteiger partial charge in [0.15, 0.2) is 0 Å². The van der Waals surface area contributed by atoms with E-state index in [0.29, 0.717) is 17.9 Å². The van der Waals surface area contributed by atoms with E-state index < -0.39 is 0 Å². The molecule has 6 rings (SSSR count). The van der Waals surface area contributed by atoms with Gasteiger partial charge in [0.05, 0.1) is 29.7 Å². The van der Waals surface area contributed by atoms with Crippen molar-refractivity contribution in [3.05, 3.63) is 77.4 Å². The number of hydrogen-bond donors (Lipinski definition) is 0. The predicted molar refractivity (Wildman–Crippen MR) is 114 cm³/mol. The Morgan fingerprint density at radius 2 is 1.65 bits per heavy atom. The van der Waals surface area contributed by atoms with E-state index in [0.717, 1.165) is 29.0 Å². The summed E-state index contributed by atoms with van der Waals surface area (Å²) in [6.45, 7) is 0.299. The first-order valence-corrected chi connectivity index (χ1v) is 10.5. The van der Waals surface area contributed by atoms with Crippen LogP contribution in [0.2, 0.25) is 0 Å². The SMILES string of the molecule is N#Cc1ccccc1COc1ccc(/C=N\N2C(=O)[C@@H]3[C@@H](C2=O)[C@@H]2C=C[C@@H]3CC2)cc1. The van der Waals surface area contributed by atoms with Crippen LogP contribution in [0.5, 0.6) is 5.75 Å². The number of amides is 2. The third kappa shape index (κ3) is 3.42. The third-order valence-electron chi connectivity index (χ3n) is 6.47. The fourth-order valence-corrected chi connectivity index (χ4v) is 4.86. The Kier molecular flexibility index (Phi) is 4.87. The zero-order valence-electron chi connectivity index (χ0n) is 16.8. The second-order valence-corrected chi connectivity index (χ2v) is 8.20. The Labute approximate surface area is 180 Å². The highest BCUT2D eigenvalue weighted by Crippen LogP contribution is 2.49. The zero-order chi connectivity index (χ0) is 21.4. The molecular formula is C25H21N3O3. The number of imide groups is 1. The second-order valence-electron chi connectivity index (χ2n) is 8.20. The summed E-state index contributed by atoms with van der Waals surface area (Å²) in [5.74, 6) is 0.124. The lowest BCUT2D eigenvalue weighted by Gasteiger charge is -2.37. The van der Waals surface area contributed by atoms with Crippen LogP contribution in [0.3, 0.4) is 0 Å². The van der Waals surface area contributed by atoms with Gasteiger partial charge in [-0.2, -0.15) is 15.4 Å². The fraction of sp³-hybridized carbons (Fsp3) is 0.280. The zero-order valence-corrected chi connectivity index (χ0v) is 16.8. The van der Waals surface area contributed by atoms with E-state index in [1.54, 1.807) is 18.2 Å². The molecule has 2 aromatic rings. The summed E-state index contributed by atoms with van der Waals surface area (Å²) in [4.78, 5) is 25.6. The second kappa shape index (κ2) is 7.84. The molecule has 0 aromatic heterocycles. The number of carbonyl (C=O) groups is 2. The molecule has 4 atom stereocenters. The summed E-state index contributed by atoms with van der Waals surface area (Å²) in [6.07, 6.45) is 7.68. The molecule has 6 nitrogen and oxygen atoms in total. The molecule has 1 aliphatic heterocycles. The summed E-state index contributed by atoms with van der Waals surface area (Å²) in [5, 5.41) is 14.5. The third-order valence-corrected chi connectivity index (χ3v) is 6.47. The molecule has 2 bridgehead atoms. The number of hydrogen-bond acceptors (Lipinski definition) is 5. The van der Waals surface area contributed by atoms with Crippen LogP contribution in [0.25, 0.3) is 0 Å². The van der Waals surface area contributed by atoms with Crippen molar-refractivity contribution in [3.63, 3.8) is 0 Å². The van der Waals surface area contributed by atoms with Crippen molar-refractivity contribution in [2.24, 2.45) is 28.8 Å². The minimum atomic E-state index is -0.250. The Balaban J connectivity index is 1.24. The minimum absolute atomic E-state index is 0.161. The lowest BCUT2D eigenvalue weighted by molar-refractivity contribution is -0.140. The first-order valence-electron chi connectivity index (χ1n) is 10.5. The van der Waals surface area contributed by atoms with Gasteiger partial charge < -0.3 is 4.74 Å². The maximum atomic E-state index is 12.8. The van der Waals surface area contributed by atoms with Crippen LogP contribution in [-0.2, 0) is 16.2 Å². The molecule has 0 unspecified atom stereocenters. The Hall–Kier alpha value is -3.72. The normalized spacial score (nSPS) is 26.4. The number of allylic oxidation sites excluding steroid dienone is 2. The quantitative estimate of drug-likeness (QED) is 0.427. The average Bonchev–Trinajstić information content (AvgIpc) is 3.09. The summed E-state index contributed by atoms with van der Waals surface area (Å²) >= 11 is 0. The van der Waals surface area contributed by atoms with Crippen molar-refractivity contribution in [1.29, 1.82) is 5.26 Å². The average molecular weight is 411 g/mol. The molecule has 4 aliphatic rings. The molecule has 0 spiro atoms. The van der Waals surface area contributed by atoms with Crippen LogP contribution < -0.4 is 4.74 Å². The van der Waals surface area contributed by atoms with Crippen molar-refractivity contribution in [1.82, 2.24) is 5.01 Å². The van der Waals surface area contributed by atoms with Crippen molar-refractivity contribution < 1.29 is 14.3 Å². The van der Waals surface area contributed by atoms with Gasteiger partial charge in [0.25, 0.3) is 11.8 Å². The molecular weight excluding hydrogens is 390 g/mol. The van der Waals surface area contributed by atoms with Crippen LogP contribution in [0, 0.1) is 35.0 Å². The first kappa shape index (κ1) is 19.3. The summed E-state index contributed by atoms with van der Waals surface area (Å²) in [5.41, 5.74) is 2.18. The molecule has 1 heterocycles. The lowest BCUT2D eigenvalue weighted by atomic mass is 9.63. The standard InChI is InChI=1S/C25H21N3O3/c26-13-19-3-1-2-4-20(19)15-31-21-11-5-16(6-12-21)14-27-28-24(29)22-17-7-8-18(10-9-17)23(22)25(28)30/h1-8,11-12,14,17-18,22-23H,9-10,15H2/b27-14-/t17-,18-,22+,23+/m1/s1. The van der Waals surface area contributed by atoms with Gasteiger partial charge in [-0.1, -0.05) is 30.4 Å². The highest BCUT2D eigenvalue weighted by atomic mass is 16.5. The molecule has 2 aromatic carbocycles. The van der Waals surface area contributed by atoms with Crippen molar-refractivity contribution in [2.45, 2.75) is 19.4 Å². The van der Waals surface area contributed by atoms with E-state index in [1.807, 2.05) is 30.3 Å². The maximum absolute atomic E-state index is 12.8. The van der Waals surface area contributed by atoms with Crippen LogP contribution in [0.4, 0.5) is 0 Å². The molecule has 0 radical (unpaired) electrons. The van der Waals surface area contributed by atoms with Crippen molar-refractivity contribution in [2.75, 3.05) is 0 Å². The lowest BCUT2D eigenvalue weighted by Crippen LogP contribution is -2.38. The van der Waals surface area contributed by atoms with E-state index in [4.69, 9.17) is 10.00 Å². The number of nitrogens with zero attached hydrogens (tertiary/aromatic N) is 3. The largest absolute Gasteiger partial charge is 0.489 e. The number of carbonyl (C=O) groups excluding carboxylic acids is 2. The van der Waals surface area contributed by atoms with Gasteiger partial charge >= 0.3 is 0 Å². The van der Waals surface area contributed by atoms with Crippen LogP contribution in [0.15, 0.2) is 65.8 Å². The summed E-state index contributed by atoms with van der Waals surface area (Å²) in [7, 11) is 0. The predicted octanol–water partition coefficient (Wildman–Crippen LogP) is 3.67. The van der Waals surface area contributed by atoms with Gasteiger partial charge in [-0.05, 0) is 60.6 Å². The number of rotatable bonds is 5. The number of ether oxygens (including phenoxy) is 1. The number of nitriles is 1. The first-order chi connectivity index (χ1) is 15.2. The molecule has 2 fully saturated rings. The fourth-order valence-electron chi connectivity index (χ4n) is 4.86. The molecule has 2 amide bonds. The molecule has 0 N–H and O–H groups in total. The van der Waals surface area contributed by atoms with E-state index >= 15 is 0 Å². The molecule has 154 valence electrons. The molecule has 1 saturated heterocycles.